The number of hydrogen-bond acceptors (Lipinski definition) is 4. The van der Waals surface area contributed by atoms with E-state index in [2.05, 4.69) is 18.5 Å². The van der Waals surface area contributed by atoms with E-state index in [1.165, 1.54) is 0 Å². The molecule has 0 radical (unpaired) electrons. The average Bonchev–Trinajstić information content (AvgIpc) is 2.57. The summed E-state index contributed by atoms with van der Waals surface area (Å²) >= 11 is 1.77. The molecule has 1 unspecified atom stereocenters. The summed E-state index contributed by atoms with van der Waals surface area (Å²) in [7, 11) is 0. The molecule has 0 aliphatic carbocycles. The van der Waals surface area contributed by atoms with Crippen molar-refractivity contribution in [3.63, 3.8) is 0 Å². The number of carbonyl (C=O) groups is 1. The standard InChI is InChI=1S/C11H17NO3S/c1-7(6-16-3)12-5-9-4-10(11(13)14)8(2)15-9/h4,7,12H,5-6H2,1-3H3,(H,13,14). The topological polar surface area (TPSA) is 62.5 Å². The van der Waals surface area contributed by atoms with Crippen LogP contribution in [0, 0.1) is 6.92 Å². The molecule has 16 heavy (non-hydrogen) atoms. The maximum absolute atomic E-state index is 10.8. The van der Waals surface area contributed by atoms with Crippen LogP contribution in [0.3, 0.4) is 0 Å². The lowest BCUT2D eigenvalue weighted by Crippen LogP contribution is -2.27. The van der Waals surface area contributed by atoms with Crippen molar-refractivity contribution in [1.82, 2.24) is 5.32 Å². The second-order valence-electron chi connectivity index (χ2n) is 3.73. The number of carboxylic acids is 1. The van der Waals surface area contributed by atoms with E-state index in [0.29, 0.717) is 24.1 Å². The van der Waals surface area contributed by atoms with Gasteiger partial charge in [0.2, 0.25) is 0 Å². The molecule has 0 saturated heterocycles. The first kappa shape index (κ1) is 13.1. The number of rotatable bonds is 6. The summed E-state index contributed by atoms with van der Waals surface area (Å²) in [5.74, 6) is 1.21. The zero-order valence-electron chi connectivity index (χ0n) is 9.74. The van der Waals surface area contributed by atoms with E-state index in [0.717, 1.165) is 5.75 Å². The fraction of sp³-hybridized carbons (Fsp3) is 0.545. The van der Waals surface area contributed by atoms with Gasteiger partial charge in [-0.2, -0.15) is 11.8 Å². The van der Waals surface area contributed by atoms with Crippen molar-refractivity contribution in [2.75, 3.05) is 12.0 Å². The van der Waals surface area contributed by atoms with Crippen LogP contribution in [-0.2, 0) is 6.54 Å². The van der Waals surface area contributed by atoms with Crippen LogP contribution in [0.2, 0.25) is 0 Å². The van der Waals surface area contributed by atoms with Gasteiger partial charge in [-0.1, -0.05) is 0 Å². The molecule has 0 spiro atoms. The molecule has 4 nitrogen and oxygen atoms in total. The largest absolute Gasteiger partial charge is 0.478 e. The molecule has 0 fully saturated rings. The van der Waals surface area contributed by atoms with Crippen LogP contribution in [0.4, 0.5) is 0 Å². The zero-order valence-corrected chi connectivity index (χ0v) is 10.6. The van der Waals surface area contributed by atoms with Crippen molar-refractivity contribution in [3.05, 3.63) is 23.2 Å². The molecule has 0 amide bonds. The maximum Gasteiger partial charge on any atom is 0.339 e. The molecule has 1 rings (SSSR count). The number of thioether (sulfide) groups is 1. The van der Waals surface area contributed by atoms with Crippen LogP contribution in [0.15, 0.2) is 10.5 Å². The summed E-state index contributed by atoms with van der Waals surface area (Å²) < 4.78 is 5.35. The summed E-state index contributed by atoms with van der Waals surface area (Å²) in [6.07, 6.45) is 2.05. The van der Waals surface area contributed by atoms with Crippen LogP contribution in [0.25, 0.3) is 0 Å². The van der Waals surface area contributed by atoms with Crippen LogP contribution in [-0.4, -0.2) is 29.1 Å². The third-order valence-corrected chi connectivity index (χ3v) is 3.07. The predicted molar refractivity (Wildman–Crippen MR) is 65.1 cm³/mol. The smallest absolute Gasteiger partial charge is 0.339 e. The summed E-state index contributed by atoms with van der Waals surface area (Å²) in [5, 5.41) is 12.1. The zero-order chi connectivity index (χ0) is 12.1. The maximum atomic E-state index is 10.8. The highest BCUT2D eigenvalue weighted by Crippen LogP contribution is 2.14. The second-order valence-corrected chi connectivity index (χ2v) is 4.64. The fourth-order valence-corrected chi connectivity index (χ4v) is 2.04. The second kappa shape index (κ2) is 5.96. The fourth-order valence-electron chi connectivity index (χ4n) is 1.43. The predicted octanol–water partition coefficient (Wildman–Crippen LogP) is 2.13. The van der Waals surface area contributed by atoms with E-state index in [-0.39, 0.29) is 5.56 Å². The van der Waals surface area contributed by atoms with Gasteiger partial charge >= 0.3 is 5.97 Å². The molecule has 2 N–H and O–H groups in total. The minimum Gasteiger partial charge on any atom is -0.478 e. The summed E-state index contributed by atoms with van der Waals surface area (Å²) in [6.45, 7) is 4.32. The van der Waals surface area contributed by atoms with Gasteiger partial charge in [-0.05, 0) is 26.2 Å². The molecule has 1 atom stereocenters. The Morgan fingerprint density at radius 3 is 2.88 bits per heavy atom. The van der Waals surface area contributed by atoms with Crippen LogP contribution in [0.5, 0.6) is 0 Å². The van der Waals surface area contributed by atoms with E-state index in [4.69, 9.17) is 9.52 Å². The van der Waals surface area contributed by atoms with E-state index in [9.17, 15) is 4.79 Å². The molecule has 90 valence electrons. The van der Waals surface area contributed by atoms with Gasteiger partial charge < -0.3 is 14.8 Å². The molecular weight excluding hydrogens is 226 g/mol. The highest BCUT2D eigenvalue weighted by atomic mass is 32.2. The normalized spacial score (nSPS) is 12.7. The van der Waals surface area contributed by atoms with E-state index >= 15 is 0 Å². The van der Waals surface area contributed by atoms with Gasteiger partial charge in [-0.25, -0.2) is 4.79 Å². The molecule has 1 aromatic heterocycles. The van der Waals surface area contributed by atoms with Crippen molar-refractivity contribution in [1.29, 1.82) is 0 Å². The van der Waals surface area contributed by atoms with Crippen LogP contribution < -0.4 is 5.32 Å². The van der Waals surface area contributed by atoms with Gasteiger partial charge in [-0.3, -0.25) is 0 Å². The van der Waals surface area contributed by atoms with Crippen LogP contribution >= 0.6 is 11.8 Å². The SMILES string of the molecule is CSCC(C)NCc1cc(C(=O)O)c(C)o1. The first-order valence-electron chi connectivity index (χ1n) is 5.09. The van der Waals surface area contributed by atoms with Crippen molar-refractivity contribution >= 4 is 17.7 Å². The Kier molecular flexibility index (Phi) is 4.89. The van der Waals surface area contributed by atoms with Crippen LogP contribution in [0.1, 0.15) is 28.8 Å². The molecule has 1 heterocycles. The Bertz CT molecular complexity index is 362. The van der Waals surface area contributed by atoms with Gasteiger partial charge in [0.15, 0.2) is 0 Å². The van der Waals surface area contributed by atoms with E-state index < -0.39 is 5.97 Å². The monoisotopic (exact) mass is 243 g/mol. The lowest BCUT2D eigenvalue weighted by molar-refractivity contribution is 0.0695. The molecule has 0 aliphatic heterocycles. The van der Waals surface area contributed by atoms with Crippen molar-refractivity contribution in [2.45, 2.75) is 26.4 Å². The molecule has 0 aliphatic rings. The average molecular weight is 243 g/mol. The van der Waals surface area contributed by atoms with Gasteiger partial charge in [0.1, 0.15) is 17.1 Å². The number of hydrogen-bond donors (Lipinski definition) is 2. The minimum absolute atomic E-state index is 0.245. The first-order chi connectivity index (χ1) is 7.54. The lowest BCUT2D eigenvalue weighted by Gasteiger charge is -2.10. The third kappa shape index (κ3) is 3.57. The van der Waals surface area contributed by atoms with Gasteiger partial charge in [-0.15, -0.1) is 0 Å². The Morgan fingerprint density at radius 2 is 2.38 bits per heavy atom. The molecule has 5 heteroatoms. The Labute approximate surface area is 99.4 Å². The summed E-state index contributed by atoms with van der Waals surface area (Å²) in [4.78, 5) is 10.8. The van der Waals surface area contributed by atoms with Crippen molar-refractivity contribution < 1.29 is 14.3 Å². The quantitative estimate of drug-likeness (QED) is 0.801. The molecule has 0 aromatic carbocycles. The Morgan fingerprint density at radius 1 is 1.69 bits per heavy atom. The molecular formula is C11H17NO3S. The first-order valence-corrected chi connectivity index (χ1v) is 6.49. The lowest BCUT2D eigenvalue weighted by atomic mass is 10.2. The highest BCUT2D eigenvalue weighted by Gasteiger charge is 2.13. The Hall–Kier alpha value is -0.940. The van der Waals surface area contributed by atoms with Gasteiger partial charge in [0.05, 0.1) is 6.54 Å². The van der Waals surface area contributed by atoms with Crippen molar-refractivity contribution in [2.24, 2.45) is 0 Å². The van der Waals surface area contributed by atoms with Crippen molar-refractivity contribution in [3.8, 4) is 0 Å². The third-order valence-electron chi connectivity index (χ3n) is 2.24. The summed E-state index contributed by atoms with van der Waals surface area (Å²) in [5.41, 5.74) is 0.245. The number of carboxylic acid groups (broad SMARTS) is 1. The number of nitrogens with one attached hydrogen (secondary N) is 1. The highest BCUT2D eigenvalue weighted by molar-refractivity contribution is 7.98. The van der Waals surface area contributed by atoms with E-state index in [1.807, 2.05) is 0 Å². The number of aryl methyl sites for hydroxylation is 1. The molecule has 1 aromatic rings. The van der Waals surface area contributed by atoms with Gasteiger partial charge in [0.25, 0.3) is 0 Å². The van der Waals surface area contributed by atoms with E-state index in [1.54, 1.807) is 24.8 Å². The molecule has 0 saturated carbocycles. The number of furan rings is 1. The Balaban J connectivity index is 2.55. The number of aromatic carboxylic acids is 1. The summed E-state index contributed by atoms with van der Waals surface area (Å²) in [6, 6.07) is 1.96. The molecule has 0 bridgehead atoms. The van der Waals surface area contributed by atoms with Gasteiger partial charge in [0, 0.05) is 11.8 Å². The minimum atomic E-state index is -0.940.